The average Bonchev–Trinajstić information content (AvgIpc) is 2.61. The number of aromatic carboxylic acids is 1. The molecule has 0 saturated carbocycles. The smallest absolute Gasteiger partial charge is 0.339 e. The van der Waals surface area contributed by atoms with Crippen LogP contribution in [0.2, 0.25) is 0 Å². The van der Waals surface area contributed by atoms with Gasteiger partial charge in [0.2, 0.25) is 0 Å². The number of aryl methyl sites for hydroxylation is 1. The van der Waals surface area contributed by atoms with Gasteiger partial charge in [-0.3, -0.25) is 10.1 Å². The summed E-state index contributed by atoms with van der Waals surface area (Å²) in [5, 5.41) is 15.6. The molecule has 0 aliphatic heterocycles. The number of nitrogens with one attached hydrogen (secondary N) is 1. The number of aromatic nitrogens is 3. The van der Waals surface area contributed by atoms with Crippen molar-refractivity contribution in [1.29, 1.82) is 0 Å². The molecule has 0 saturated heterocycles. The van der Waals surface area contributed by atoms with E-state index in [0.717, 1.165) is 0 Å². The molecule has 5 nitrogen and oxygen atoms in total. The molecule has 76 valence electrons. The molecule has 0 fully saturated rings. The van der Waals surface area contributed by atoms with E-state index in [1.807, 2.05) is 0 Å². The van der Waals surface area contributed by atoms with E-state index in [1.165, 1.54) is 0 Å². The van der Waals surface area contributed by atoms with Crippen LogP contribution in [0.15, 0.2) is 24.4 Å². The standard InChI is InChI=1S/C10H9N3O2/c1-6-8(10(14)15)9(13-12-6)7-4-2-3-5-11-7/h2-5H,1H3,(H,12,13)(H,14,15). The maximum atomic E-state index is 11.0. The molecule has 0 bridgehead atoms. The van der Waals surface area contributed by atoms with E-state index < -0.39 is 5.97 Å². The maximum absolute atomic E-state index is 11.0. The zero-order valence-electron chi connectivity index (χ0n) is 8.06. The lowest BCUT2D eigenvalue weighted by Gasteiger charge is -1.97. The summed E-state index contributed by atoms with van der Waals surface area (Å²) in [5.41, 5.74) is 1.64. The van der Waals surface area contributed by atoms with Gasteiger partial charge in [-0.05, 0) is 19.1 Å². The molecule has 2 rings (SSSR count). The number of hydrogen-bond donors (Lipinski definition) is 2. The highest BCUT2D eigenvalue weighted by Gasteiger charge is 2.18. The van der Waals surface area contributed by atoms with Crippen LogP contribution in [0, 0.1) is 6.92 Å². The normalized spacial score (nSPS) is 10.2. The summed E-state index contributed by atoms with van der Waals surface area (Å²) in [4.78, 5) is 15.0. The second kappa shape index (κ2) is 3.53. The molecule has 0 atom stereocenters. The first kappa shape index (κ1) is 9.39. The van der Waals surface area contributed by atoms with Crippen molar-refractivity contribution in [1.82, 2.24) is 15.2 Å². The fraction of sp³-hybridized carbons (Fsp3) is 0.100. The van der Waals surface area contributed by atoms with Crippen LogP contribution in [0.25, 0.3) is 11.4 Å². The Morgan fingerprint density at radius 2 is 2.27 bits per heavy atom. The predicted molar refractivity (Wildman–Crippen MR) is 53.5 cm³/mol. The van der Waals surface area contributed by atoms with Crippen LogP contribution in [0.3, 0.4) is 0 Å². The molecule has 0 aromatic carbocycles. The summed E-state index contributed by atoms with van der Waals surface area (Å²) in [6, 6.07) is 5.28. The SMILES string of the molecule is Cc1[nH]nc(-c2ccccn2)c1C(=O)O. The largest absolute Gasteiger partial charge is 0.478 e. The Kier molecular flexibility index (Phi) is 2.21. The molecule has 0 amide bonds. The number of carbonyl (C=O) groups is 1. The van der Waals surface area contributed by atoms with Crippen LogP contribution >= 0.6 is 0 Å². The molecule has 0 radical (unpaired) electrons. The van der Waals surface area contributed by atoms with Gasteiger partial charge in [0.1, 0.15) is 11.3 Å². The number of carboxylic acids is 1. The van der Waals surface area contributed by atoms with Crippen molar-refractivity contribution >= 4 is 5.97 Å². The van der Waals surface area contributed by atoms with Crippen molar-refractivity contribution in [3.05, 3.63) is 35.7 Å². The minimum Gasteiger partial charge on any atom is -0.478 e. The Morgan fingerprint density at radius 1 is 1.47 bits per heavy atom. The summed E-state index contributed by atoms with van der Waals surface area (Å²) in [6.45, 7) is 1.67. The fourth-order valence-corrected chi connectivity index (χ4v) is 1.38. The van der Waals surface area contributed by atoms with Crippen molar-refractivity contribution < 1.29 is 9.90 Å². The third kappa shape index (κ3) is 1.59. The topological polar surface area (TPSA) is 78.9 Å². The van der Waals surface area contributed by atoms with Crippen molar-refractivity contribution in [2.45, 2.75) is 6.92 Å². The molecule has 2 N–H and O–H groups in total. The van der Waals surface area contributed by atoms with E-state index in [0.29, 0.717) is 17.1 Å². The Morgan fingerprint density at radius 3 is 2.87 bits per heavy atom. The van der Waals surface area contributed by atoms with Gasteiger partial charge in [0.05, 0.1) is 5.69 Å². The molecule has 2 heterocycles. The van der Waals surface area contributed by atoms with Crippen LogP contribution < -0.4 is 0 Å². The monoisotopic (exact) mass is 203 g/mol. The van der Waals surface area contributed by atoms with Crippen LogP contribution in [0.4, 0.5) is 0 Å². The maximum Gasteiger partial charge on any atom is 0.339 e. The number of rotatable bonds is 2. The highest BCUT2D eigenvalue weighted by molar-refractivity contribution is 5.95. The first-order valence-corrected chi connectivity index (χ1v) is 4.40. The lowest BCUT2D eigenvalue weighted by atomic mass is 10.1. The van der Waals surface area contributed by atoms with Gasteiger partial charge in [0, 0.05) is 11.9 Å². The molecule has 5 heteroatoms. The average molecular weight is 203 g/mol. The Labute approximate surface area is 85.8 Å². The number of pyridine rings is 1. The summed E-state index contributed by atoms with van der Waals surface area (Å²) in [6.07, 6.45) is 1.60. The van der Waals surface area contributed by atoms with Crippen LogP contribution in [-0.4, -0.2) is 26.3 Å². The molecule has 2 aromatic rings. The predicted octanol–water partition coefficient (Wildman–Crippen LogP) is 1.48. The minimum atomic E-state index is -0.998. The summed E-state index contributed by atoms with van der Waals surface area (Å²) < 4.78 is 0. The van der Waals surface area contributed by atoms with Crippen LogP contribution in [0.5, 0.6) is 0 Å². The highest BCUT2D eigenvalue weighted by atomic mass is 16.4. The molecular formula is C10H9N3O2. The lowest BCUT2D eigenvalue weighted by molar-refractivity contribution is 0.0697. The summed E-state index contributed by atoms with van der Waals surface area (Å²) in [7, 11) is 0. The summed E-state index contributed by atoms with van der Waals surface area (Å²) in [5.74, 6) is -0.998. The first-order valence-electron chi connectivity index (χ1n) is 4.40. The second-order valence-corrected chi connectivity index (χ2v) is 3.09. The quantitative estimate of drug-likeness (QED) is 0.774. The second-order valence-electron chi connectivity index (χ2n) is 3.09. The van der Waals surface area contributed by atoms with Crippen molar-refractivity contribution in [3.63, 3.8) is 0 Å². The number of carboxylic acid groups (broad SMARTS) is 1. The number of hydrogen-bond acceptors (Lipinski definition) is 3. The number of aromatic amines is 1. The first-order chi connectivity index (χ1) is 7.20. The van der Waals surface area contributed by atoms with Crippen LogP contribution in [-0.2, 0) is 0 Å². The minimum absolute atomic E-state index is 0.175. The van der Waals surface area contributed by atoms with E-state index in [9.17, 15) is 4.79 Å². The van der Waals surface area contributed by atoms with Gasteiger partial charge in [0.15, 0.2) is 0 Å². The molecule has 0 spiro atoms. The molecular weight excluding hydrogens is 194 g/mol. The van der Waals surface area contributed by atoms with E-state index in [4.69, 9.17) is 5.11 Å². The van der Waals surface area contributed by atoms with Crippen molar-refractivity contribution in [2.24, 2.45) is 0 Å². The molecule has 0 aliphatic carbocycles. The lowest BCUT2D eigenvalue weighted by Crippen LogP contribution is -1.99. The van der Waals surface area contributed by atoms with Gasteiger partial charge in [-0.2, -0.15) is 5.10 Å². The van der Waals surface area contributed by atoms with Crippen LogP contribution in [0.1, 0.15) is 16.1 Å². The van der Waals surface area contributed by atoms with Gasteiger partial charge >= 0.3 is 5.97 Å². The van der Waals surface area contributed by atoms with Gasteiger partial charge in [0.25, 0.3) is 0 Å². The van der Waals surface area contributed by atoms with E-state index >= 15 is 0 Å². The zero-order chi connectivity index (χ0) is 10.8. The molecule has 2 aromatic heterocycles. The Balaban J connectivity index is 2.59. The van der Waals surface area contributed by atoms with E-state index in [2.05, 4.69) is 15.2 Å². The third-order valence-electron chi connectivity index (χ3n) is 2.07. The molecule has 0 unspecified atom stereocenters. The van der Waals surface area contributed by atoms with Gasteiger partial charge in [-0.15, -0.1) is 0 Å². The van der Waals surface area contributed by atoms with Crippen molar-refractivity contribution in [3.8, 4) is 11.4 Å². The van der Waals surface area contributed by atoms with E-state index in [-0.39, 0.29) is 5.56 Å². The molecule has 15 heavy (non-hydrogen) atoms. The number of nitrogens with zero attached hydrogens (tertiary/aromatic N) is 2. The van der Waals surface area contributed by atoms with E-state index in [1.54, 1.807) is 31.3 Å². The Bertz CT molecular complexity index is 491. The van der Waals surface area contributed by atoms with Gasteiger partial charge < -0.3 is 5.11 Å². The summed E-state index contributed by atoms with van der Waals surface area (Å²) >= 11 is 0. The highest BCUT2D eigenvalue weighted by Crippen LogP contribution is 2.20. The molecule has 0 aliphatic rings. The zero-order valence-corrected chi connectivity index (χ0v) is 8.06. The third-order valence-corrected chi connectivity index (χ3v) is 2.07. The Hall–Kier alpha value is -2.17. The fourth-order valence-electron chi connectivity index (χ4n) is 1.38. The van der Waals surface area contributed by atoms with Crippen molar-refractivity contribution in [2.75, 3.05) is 0 Å². The van der Waals surface area contributed by atoms with Gasteiger partial charge in [-0.25, -0.2) is 4.79 Å². The number of H-pyrrole nitrogens is 1. The van der Waals surface area contributed by atoms with Gasteiger partial charge in [-0.1, -0.05) is 6.07 Å².